The summed E-state index contributed by atoms with van der Waals surface area (Å²) < 4.78 is 0. The van der Waals surface area contributed by atoms with Crippen LogP contribution >= 0.6 is 0 Å². The maximum Gasteiger partial charge on any atom is 0.0378 e. The van der Waals surface area contributed by atoms with Crippen molar-refractivity contribution in [1.29, 1.82) is 0 Å². The summed E-state index contributed by atoms with van der Waals surface area (Å²) in [6, 6.07) is 4.11. The summed E-state index contributed by atoms with van der Waals surface area (Å²) in [6.45, 7) is 8.58. The molecule has 70 valence electrons. The Labute approximate surface area is 80.5 Å². The van der Waals surface area contributed by atoms with E-state index in [1.807, 2.05) is 19.2 Å². The molecular formula is C12H17N. The minimum absolute atomic E-state index is 0.247. The summed E-state index contributed by atoms with van der Waals surface area (Å²) in [6.07, 6.45) is 6.20. The van der Waals surface area contributed by atoms with Crippen molar-refractivity contribution in [3.8, 4) is 0 Å². The number of aromatic nitrogens is 1. The molecule has 0 aliphatic heterocycles. The van der Waals surface area contributed by atoms with E-state index in [0.29, 0.717) is 0 Å². The molecule has 0 fully saturated rings. The van der Waals surface area contributed by atoms with E-state index in [1.165, 1.54) is 5.56 Å². The monoisotopic (exact) mass is 175 g/mol. The molecule has 1 aromatic heterocycles. The van der Waals surface area contributed by atoms with Crippen LogP contribution in [0.1, 0.15) is 32.0 Å². The van der Waals surface area contributed by atoms with E-state index >= 15 is 0 Å². The van der Waals surface area contributed by atoms with E-state index in [4.69, 9.17) is 0 Å². The van der Waals surface area contributed by atoms with Crippen LogP contribution in [-0.2, 0) is 0 Å². The molecule has 0 aliphatic carbocycles. The lowest BCUT2D eigenvalue weighted by Crippen LogP contribution is -1.98. The largest absolute Gasteiger partial charge is 0.262 e. The second kappa shape index (κ2) is 3.73. The summed E-state index contributed by atoms with van der Waals surface area (Å²) in [5, 5.41) is 0. The van der Waals surface area contributed by atoms with Crippen molar-refractivity contribution in [2.45, 2.75) is 27.7 Å². The average molecular weight is 175 g/mol. The molecule has 13 heavy (non-hydrogen) atoms. The van der Waals surface area contributed by atoms with Crippen LogP contribution in [0.3, 0.4) is 0 Å². The van der Waals surface area contributed by atoms with Crippen molar-refractivity contribution in [3.63, 3.8) is 0 Å². The third kappa shape index (κ3) is 3.88. The van der Waals surface area contributed by atoms with Gasteiger partial charge in [0.1, 0.15) is 0 Å². The van der Waals surface area contributed by atoms with Gasteiger partial charge in [-0.2, -0.15) is 0 Å². The standard InChI is InChI=1S/C12H17N/c1-10-9-11(6-8-13-10)5-7-12(2,3)4/h5-9H,1-4H3/b7-5+. The highest BCUT2D eigenvalue weighted by molar-refractivity contribution is 5.49. The molecule has 1 heteroatoms. The van der Waals surface area contributed by atoms with Crippen LogP contribution in [0.15, 0.2) is 24.4 Å². The van der Waals surface area contributed by atoms with Crippen LogP contribution < -0.4 is 0 Å². The van der Waals surface area contributed by atoms with Crippen LogP contribution in [0.5, 0.6) is 0 Å². The average Bonchev–Trinajstić information content (AvgIpc) is 2.00. The van der Waals surface area contributed by atoms with E-state index in [9.17, 15) is 0 Å². The molecular weight excluding hydrogens is 158 g/mol. The second-order valence-electron chi connectivity index (χ2n) is 4.43. The van der Waals surface area contributed by atoms with Gasteiger partial charge in [0.25, 0.3) is 0 Å². The van der Waals surface area contributed by atoms with Crippen LogP contribution in [0.4, 0.5) is 0 Å². The van der Waals surface area contributed by atoms with Gasteiger partial charge in [-0.05, 0) is 30.0 Å². The normalized spacial score (nSPS) is 12.3. The maximum atomic E-state index is 4.15. The number of aryl methyl sites for hydroxylation is 1. The van der Waals surface area contributed by atoms with Gasteiger partial charge < -0.3 is 0 Å². The minimum atomic E-state index is 0.247. The van der Waals surface area contributed by atoms with Gasteiger partial charge >= 0.3 is 0 Å². The van der Waals surface area contributed by atoms with Gasteiger partial charge in [-0.3, -0.25) is 4.98 Å². The van der Waals surface area contributed by atoms with Gasteiger partial charge in [0.05, 0.1) is 0 Å². The number of hydrogen-bond donors (Lipinski definition) is 0. The van der Waals surface area contributed by atoms with Crippen LogP contribution in [0.2, 0.25) is 0 Å². The fourth-order valence-electron chi connectivity index (χ4n) is 1.02. The molecule has 0 saturated heterocycles. The maximum absolute atomic E-state index is 4.15. The van der Waals surface area contributed by atoms with E-state index in [2.05, 4.69) is 44.0 Å². The first-order valence-corrected chi connectivity index (χ1v) is 4.59. The Hall–Kier alpha value is -1.11. The molecule has 1 nitrogen and oxygen atoms in total. The Morgan fingerprint density at radius 3 is 2.54 bits per heavy atom. The highest BCUT2D eigenvalue weighted by Gasteiger charge is 2.03. The lowest BCUT2D eigenvalue weighted by molar-refractivity contribution is 0.547. The predicted octanol–water partition coefficient (Wildman–Crippen LogP) is 3.45. The first kappa shape index (κ1) is 9.97. The van der Waals surface area contributed by atoms with E-state index in [0.717, 1.165) is 5.69 Å². The Bertz CT molecular complexity index is 305. The van der Waals surface area contributed by atoms with Gasteiger partial charge in [0.2, 0.25) is 0 Å². The predicted molar refractivity (Wildman–Crippen MR) is 57.5 cm³/mol. The minimum Gasteiger partial charge on any atom is -0.262 e. The van der Waals surface area contributed by atoms with Crippen LogP contribution in [0.25, 0.3) is 6.08 Å². The van der Waals surface area contributed by atoms with Gasteiger partial charge in [-0.1, -0.05) is 32.9 Å². The van der Waals surface area contributed by atoms with E-state index in [-0.39, 0.29) is 5.41 Å². The van der Waals surface area contributed by atoms with E-state index in [1.54, 1.807) is 0 Å². The molecule has 1 aromatic rings. The zero-order chi connectivity index (χ0) is 9.90. The van der Waals surface area contributed by atoms with Crippen molar-refractivity contribution in [1.82, 2.24) is 4.98 Å². The highest BCUT2D eigenvalue weighted by Crippen LogP contribution is 2.16. The third-order valence-corrected chi connectivity index (χ3v) is 1.70. The molecule has 1 heterocycles. The summed E-state index contributed by atoms with van der Waals surface area (Å²) in [5.41, 5.74) is 2.54. The molecule has 0 spiro atoms. The SMILES string of the molecule is Cc1cc(/C=C/C(C)(C)C)ccn1. The first-order chi connectivity index (χ1) is 5.97. The molecule has 0 aromatic carbocycles. The van der Waals surface area contributed by atoms with Crippen molar-refractivity contribution >= 4 is 6.08 Å². The fourth-order valence-corrected chi connectivity index (χ4v) is 1.02. The molecule has 1 rings (SSSR count). The second-order valence-corrected chi connectivity index (χ2v) is 4.43. The first-order valence-electron chi connectivity index (χ1n) is 4.59. The highest BCUT2D eigenvalue weighted by atomic mass is 14.6. The molecule has 0 unspecified atom stereocenters. The number of nitrogens with zero attached hydrogens (tertiary/aromatic N) is 1. The topological polar surface area (TPSA) is 12.9 Å². The Morgan fingerprint density at radius 2 is 2.00 bits per heavy atom. The summed E-state index contributed by atoms with van der Waals surface area (Å²) in [7, 11) is 0. The molecule has 0 aliphatic rings. The van der Waals surface area contributed by atoms with Crippen molar-refractivity contribution in [3.05, 3.63) is 35.7 Å². The molecule has 0 saturated carbocycles. The van der Waals surface area contributed by atoms with Crippen LogP contribution in [0, 0.1) is 12.3 Å². The smallest absolute Gasteiger partial charge is 0.0378 e. The summed E-state index contributed by atoms with van der Waals surface area (Å²) in [5.74, 6) is 0. The Morgan fingerprint density at radius 1 is 1.31 bits per heavy atom. The molecule has 0 bridgehead atoms. The quantitative estimate of drug-likeness (QED) is 0.637. The fraction of sp³-hybridized carbons (Fsp3) is 0.417. The van der Waals surface area contributed by atoms with Gasteiger partial charge in [0, 0.05) is 11.9 Å². The van der Waals surface area contributed by atoms with Crippen molar-refractivity contribution in [2.24, 2.45) is 5.41 Å². The van der Waals surface area contributed by atoms with Gasteiger partial charge in [-0.15, -0.1) is 0 Å². The Balaban J connectivity index is 2.80. The van der Waals surface area contributed by atoms with Gasteiger partial charge in [0.15, 0.2) is 0 Å². The Kier molecular flexibility index (Phi) is 2.86. The summed E-state index contributed by atoms with van der Waals surface area (Å²) >= 11 is 0. The molecule has 0 atom stereocenters. The summed E-state index contributed by atoms with van der Waals surface area (Å²) in [4.78, 5) is 4.15. The molecule has 0 N–H and O–H groups in total. The number of rotatable bonds is 1. The lowest BCUT2D eigenvalue weighted by atomic mass is 9.95. The van der Waals surface area contributed by atoms with Gasteiger partial charge in [-0.25, -0.2) is 0 Å². The van der Waals surface area contributed by atoms with Crippen LogP contribution in [-0.4, -0.2) is 4.98 Å². The number of allylic oxidation sites excluding steroid dienone is 1. The zero-order valence-electron chi connectivity index (χ0n) is 8.83. The number of pyridine rings is 1. The zero-order valence-corrected chi connectivity index (χ0v) is 8.83. The lowest BCUT2D eigenvalue weighted by Gasteiger charge is -2.10. The molecule has 0 amide bonds. The van der Waals surface area contributed by atoms with Crippen molar-refractivity contribution < 1.29 is 0 Å². The van der Waals surface area contributed by atoms with E-state index < -0.39 is 0 Å². The van der Waals surface area contributed by atoms with Crippen molar-refractivity contribution in [2.75, 3.05) is 0 Å². The molecule has 0 radical (unpaired) electrons. The third-order valence-electron chi connectivity index (χ3n) is 1.70. The number of hydrogen-bond acceptors (Lipinski definition) is 1.